The van der Waals surface area contributed by atoms with E-state index < -0.39 is 46.5 Å². The first-order valence-corrected chi connectivity index (χ1v) is 11.1. The zero-order chi connectivity index (χ0) is 25.1. The standard InChI is InChI=1S/C19H15F6N5O3S/c1-34(31,32)30-14-7-2-4-11(8-14)15-27-16(29-17(28-15)33-10-18(20,21)22)26-13-6-3-5-12(9-13)19(23,24)25/h2-9,30H,10H2,1H3,(H,26,27,28,29). The third-order valence-electron chi connectivity index (χ3n) is 3.85. The Hall–Kier alpha value is -3.62. The molecule has 0 aliphatic heterocycles. The summed E-state index contributed by atoms with van der Waals surface area (Å²) in [6, 6.07) is 8.82. The first-order chi connectivity index (χ1) is 15.7. The van der Waals surface area contributed by atoms with Gasteiger partial charge in [0.25, 0.3) is 0 Å². The molecular weight excluding hydrogens is 492 g/mol. The average Bonchev–Trinajstić information content (AvgIpc) is 2.70. The van der Waals surface area contributed by atoms with Crippen LogP contribution in [-0.2, 0) is 16.2 Å². The minimum absolute atomic E-state index is 0.0961. The van der Waals surface area contributed by atoms with Crippen LogP contribution in [0.2, 0.25) is 0 Å². The van der Waals surface area contributed by atoms with Crippen molar-refractivity contribution < 1.29 is 39.5 Å². The van der Waals surface area contributed by atoms with E-state index in [1.54, 1.807) is 0 Å². The van der Waals surface area contributed by atoms with Crippen LogP contribution in [0.3, 0.4) is 0 Å². The highest BCUT2D eigenvalue weighted by Gasteiger charge is 2.31. The van der Waals surface area contributed by atoms with Gasteiger partial charge >= 0.3 is 18.4 Å². The van der Waals surface area contributed by atoms with Gasteiger partial charge in [0.1, 0.15) is 0 Å². The van der Waals surface area contributed by atoms with Crippen molar-refractivity contribution >= 4 is 27.3 Å². The van der Waals surface area contributed by atoms with Crippen molar-refractivity contribution in [2.75, 3.05) is 22.9 Å². The SMILES string of the molecule is CS(=O)(=O)Nc1cccc(-c2nc(Nc3cccc(C(F)(F)F)c3)nc(OCC(F)(F)F)n2)c1. The molecule has 1 aromatic heterocycles. The van der Waals surface area contributed by atoms with Gasteiger partial charge in [0.2, 0.25) is 16.0 Å². The summed E-state index contributed by atoms with van der Waals surface area (Å²) in [5, 5.41) is 2.48. The molecule has 34 heavy (non-hydrogen) atoms. The molecule has 0 aliphatic carbocycles. The van der Waals surface area contributed by atoms with E-state index in [0.717, 1.165) is 24.5 Å². The molecule has 0 bridgehead atoms. The van der Waals surface area contributed by atoms with E-state index >= 15 is 0 Å². The summed E-state index contributed by atoms with van der Waals surface area (Å²) in [7, 11) is -3.63. The third kappa shape index (κ3) is 7.47. The Bertz CT molecular complexity index is 1280. The molecule has 0 spiro atoms. The summed E-state index contributed by atoms with van der Waals surface area (Å²) >= 11 is 0. The Balaban J connectivity index is 2.00. The first-order valence-electron chi connectivity index (χ1n) is 9.16. The molecule has 0 amide bonds. The van der Waals surface area contributed by atoms with Crippen molar-refractivity contribution in [1.29, 1.82) is 0 Å². The van der Waals surface area contributed by atoms with Gasteiger partial charge in [-0.3, -0.25) is 4.72 Å². The van der Waals surface area contributed by atoms with Crippen molar-refractivity contribution in [3.63, 3.8) is 0 Å². The minimum Gasteiger partial charge on any atom is -0.454 e. The van der Waals surface area contributed by atoms with Gasteiger partial charge in [0.15, 0.2) is 12.4 Å². The molecule has 15 heteroatoms. The number of halogens is 6. The van der Waals surface area contributed by atoms with E-state index in [9.17, 15) is 34.8 Å². The van der Waals surface area contributed by atoms with Gasteiger partial charge in [-0.05, 0) is 30.3 Å². The van der Waals surface area contributed by atoms with Crippen LogP contribution in [0, 0.1) is 0 Å². The number of nitrogens with one attached hydrogen (secondary N) is 2. The summed E-state index contributed by atoms with van der Waals surface area (Å²) in [5.41, 5.74) is -0.785. The van der Waals surface area contributed by atoms with Crippen molar-refractivity contribution in [3.05, 3.63) is 54.1 Å². The second-order valence-corrected chi connectivity index (χ2v) is 8.58. The minimum atomic E-state index is -4.71. The van der Waals surface area contributed by atoms with Crippen LogP contribution in [0.4, 0.5) is 43.7 Å². The van der Waals surface area contributed by atoms with E-state index in [4.69, 9.17) is 0 Å². The number of alkyl halides is 6. The molecule has 0 atom stereocenters. The summed E-state index contributed by atoms with van der Waals surface area (Å²) in [4.78, 5) is 11.5. The third-order valence-corrected chi connectivity index (χ3v) is 4.46. The number of nitrogens with zero attached hydrogens (tertiary/aromatic N) is 3. The quantitative estimate of drug-likeness (QED) is 0.450. The van der Waals surface area contributed by atoms with Crippen molar-refractivity contribution in [2.24, 2.45) is 0 Å². The fourth-order valence-corrected chi connectivity index (χ4v) is 3.15. The van der Waals surface area contributed by atoms with Crippen LogP contribution < -0.4 is 14.8 Å². The molecule has 3 aromatic rings. The smallest absolute Gasteiger partial charge is 0.422 e. The monoisotopic (exact) mass is 507 g/mol. The Morgan fingerprint density at radius 3 is 2.24 bits per heavy atom. The lowest BCUT2D eigenvalue weighted by Crippen LogP contribution is -2.20. The van der Waals surface area contributed by atoms with Crippen LogP contribution in [0.5, 0.6) is 6.01 Å². The van der Waals surface area contributed by atoms with Crippen LogP contribution in [-0.4, -0.2) is 42.4 Å². The van der Waals surface area contributed by atoms with Crippen LogP contribution in [0.1, 0.15) is 5.56 Å². The van der Waals surface area contributed by atoms with Crippen molar-refractivity contribution in [2.45, 2.75) is 12.4 Å². The molecular formula is C19H15F6N5O3S. The molecule has 1 heterocycles. The van der Waals surface area contributed by atoms with E-state index in [1.807, 2.05) is 0 Å². The fraction of sp³-hybridized carbons (Fsp3) is 0.211. The summed E-state index contributed by atoms with van der Waals surface area (Å²) in [6.45, 7) is -1.73. The van der Waals surface area contributed by atoms with Crippen molar-refractivity contribution in [1.82, 2.24) is 15.0 Å². The summed E-state index contributed by atoms with van der Waals surface area (Å²) < 4.78 is 106. The maximum atomic E-state index is 13.0. The Morgan fingerprint density at radius 2 is 1.59 bits per heavy atom. The predicted molar refractivity (Wildman–Crippen MR) is 110 cm³/mol. The van der Waals surface area contributed by atoms with E-state index in [-0.39, 0.29) is 22.8 Å². The number of ether oxygens (including phenoxy) is 1. The van der Waals surface area contributed by atoms with Gasteiger partial charge in [0, 0.05) is 16.9 Å². The molecule has 0 saturated heterocycles. The topological polar surface area (TPSA) is 106 Å². The van der Waals surface area contributed by atoms with Crippen molar-refractivity contribution in [3.8, 4) is 17.4 Å². The number of benzene rings is 2. The predicted octanol–water partition coefficient (Wildman–Crippen LogP) is 4.61. The molecule has 2 aromatic carbocycles. The molecule has 182 valence electrons. The van der Waals surface area contributed by atoms with Gasteiger partial charge in [0.05, 0.1) is 11.8 Å². The molecule has 0 unspecified atom stereocenters. The number of hydrogen-bond acceptors (Lipinski definition) is 7. The van der Waals surface area contributed by atoms with Crippen LogP contribution in [0.25, 0.3) is 11.4 Å². The first kappa shape index (κ1) is 25.0. The van der Waals surface area contributed by atoms with E-state index in [1.165, 1.54) is 30.3 Å². The zero-order valence-corrected chi connectivity index (χ0v) is 17.9. The van der Waals surface area contributed by atoms with Gasteiger partial charge in [-0.2, -0.15) is 41.3 Å². The zero-order valence-electron chi connectivity index (χ0n) is 17.1. The number of hydrogen-bond donors (Lipinski definition) is 2. The highest BCUT2D eigenvalue weighted by molar-refractivity contribution is 7.92. The van der Waals surface area contributed by atoms with Gasteiger partial charge < -0.3 is 10.1 Å². The van der Waals surface area contributed by atoms with E-state index in [2.05, 4.69) is 29.7 Å². The van der Waals surface area contributed by atoms with Crippen LogP contribution >= 0.6 is 0 Å². The Labute approximate surface area is 189 Å². The molecule has 0 radical (unpaired) electrons. The highest BCUT2D eigenvalue weighted by Crippen LogP contribution is 2.31. The number of rotatable bonds is 7. The molecule has 2 N–H and O–H groups in total. The second kappa shape index (κ2) is 9.32. The number of anilines is 3. The molecule has 8 nitrogen and oxygen atoms in total. The maximum absolute atomic E-state index is 13.0. The lowest BCUT2D eigenvalue weighted by atomic mass is 10.2. The molecule has 0 saturated carbocycles. The highest BCUT2D eigenvalue weighted by atomic mass is 32.2. The van der Waals surface area contributed by atoms with E-state index in [0.29, 0.717) is 0 Å². The Morgan fingerprint density at radius 1 is 0.912 bits per heavy atom. The largest absolute Gasteiger partial charge is 0.454 e. The molecule has 3 rings (SSSR count). The Kier molecular flexibility index (Phi) is 6.86. The molecule has 0 aliphatic rings. The maximum Gasteiger partial charge on any atom is 0.422 e. The number of sulfonamides is 1. The second-order valence-electron chi connectivity index (χ2n) is 6.83. The lowest BCUT2D eigenvalue weighted by molar-refractivity contribution is -0.154. The number of aromatic nitrogens is 3. The van der Waals surface area contributed by atoms with Gasteiger partial charge in [-0.25, -0.2) is 8.42 Å². The lowest BCUT2D eigenvalue weighted by Gasteiger charge is -2.13. The summed E-state index contributed by atoms with van der Waals surface area (Å²) in [6.07, 6.45) is -8.42. The molecule has 0 fully saturated rings. The fourth-order valence-electron chi connectivity index (χ4n) is 2.59. The van der Waals surface area contributed by atoms with Gasteiger partial charge in [-0.15, -0.1) is 0 Å². The normalized spacial score (nSPS) is 12.3. The van der Waals surface area contributed by atoms with Gasteiger partial charge in [-0.1, -0.05) is 18.2 Å². The summed E-state index contributed by atoms with van der Waals surface area (Å²) in [5.74, 6) is -0.623. The van der Waals surface area contributed by atoms with Crippen LogP contribution in [0.15, 0.2) is 48.5 Å². The average molecular weight is 507 g/mol.